The number of nitrogens with zero attached hydrogens (tertiary/aromatic N) is 3. The Hall–Kier alpha value is -1.66. The fourth-order valence-electron chi connectivity index (χ4n) is 3.37. The fourth-order valence-corrected chi connectivity index (χ4v) is 4.61. The van der Waals surface area contributed by atoms with Gasteiger partial charge in [0, 0.05) is 25.0 Å². The maximum atomic E-state index is 13.0. The average molecular weight is 407 g/mol. The molecule has 1 fully saturated rings. The second-order valence-corrected chi connectivity index (χ2v) is 9.06. The van der Waals surface area contributed by atoms with Crippen LogP contribution in [0.5, 0.6) is 0 Å². The number of aryl methyl sites for hydroxylation is 1. The highest BCUT2D eigenvalue weighted by atomic mass is 35.5. The number of hydrogen-bond acceptors (Lipinski definition) is 5. The topological polar surface area (TPSA) is 64.2 Å². The van der Waals surface area contributed by atoms with Crippen LogP contribution in [0.1, 0.15) is 38.7 Å². The third kappa shape index (κ3) is 3.97. The van der Waals surface area contributed by atoms with Crippen LogP contribution >= 0.6 is 23.4 Å². The molecule has 1 aliphatic heterocycles. The van der Waals surface area contributed by atoms with E-state index in [2.05, 4.69) is 23.7 Å². The molecule has 3 rings (SSSR count). The number of nitrogen functional groups attached to an aromatic ring is 1. The summed E-state index contributed by atoms with van der Waals surface area (Å²) < 4.78 is 1.61. The van der Waals surface area contributed by atoms with Crippen LogP contribution in [0.4, 0.5) is 11.8 Å². The molecule has 1 aliphatic rings. The summed E-state index contributed by atoms with van der Waals surface area (Å²) in [6.45, 7) is 8.29. The molecule has 0 atom stereocenters. The van der Waals surface area contributed by atoms with Gasteiger partial charge in [0.05, 0.1) is 5.02 Å². The van der Waals surface area contributed by atoms with E-state index in [0.29, 0.717) is 21.3 Å². The predicted octanol–water partition coefficient (Wildman–Crippen LogP) is 4.49. The first kappa shape index (κ1) is 20.1. The maximum absolute atomic E-state index is 13.0. The zero-order valence-corrected chi connectivity index (χ0v) is 18.0. The molecule has 1 aromatic heterocycles. The first-order valence-corrected chi connectivity index (χ1v) is 10.5. The van der Waals surface area contributed by atoms with Gasteiger partial charge in [-0.05, 0) is 36.8 Å². The lowest BCUT2D eigenvalue weighted by Crippen LogP contribution is -2.41. The van der Waals surface area contributed by atoms with Gasteiger partial charge in [0.2, 0.25) is 5.95 Å². The van der Waals surface area contributed by atoms with E-state index < -0.39 is 0 Å². The highest BCUT2D eigenvalue weighted by Crippen LogP contribution is 2.37. The number of rotatable bonds is 4. The Labute approximate surface area is 169 Å². The zero-order valence-electron chi connectivity index (χ0n) is 16.4. The van der Waals surface area contributed by atoms with Crippen LogP contribution in [0.25, 0.3) is 0 Å². The first-order chi connectivity index (χ1) is 12.8. The monoisotopic (exact) mass is 406 g/mol. The summed E-state index contributed by atoms with van der Waals surface area (Å²) in [4.78, 5) is 21.0. The Balaban J connectivity index is 1.91. The van der Waals surface area contributed by atoms with E-state index in [-0.39, 0.29) is 11.4 Å². The van der Waals surface area contributed by atoms with Gasteiger partial charge in [-0.1, -0.05) is 55.8 Å². The van der Waals surface area contributed by atoms with E-state index in [1.165, 1.54) is 18.2 Å². The summed E-state index contributed by atoms with van der Waals surface area (Å²) in [5.74, 6) is 0.912. The summed E-state index contributed by atoms with van der Waals surface area (Å²) >= 11 is 7.67. The third-order valence-electron chi connectivity index (χ3n) is 5.73. The normalized spacial score (nSPS) is 16.6. The maximum Gasteiger partial charge on any atom is 0.270 e. The van der Waals surface area contributed by atoms with Gasteiger partial charge in [-0.25, -0.2) is 0 Å². The number of halogens is 1. The molecule has 0 radical (unpaired) electrons. The summed E-state index contributed by atoms with van der Waals surface area (Å²) in [5, 5.41) is 0.642. The van der Waals surface area contributed by atoms with Gasteiger partial charge < -0.3 is 10.6 Å². The van der Waals surface area contributed by atoms with Crippen molar-refractivity contribution in [2.45, 2.75) is 49.8 Å². The molecule has 2 aromatic rings. The molecule has 7 heteroatoms. The van der Waals surface area contributed by atoms with Crippen molar-refractivity contribution in [3.63, 3.8) is 0 Å². The Kier molecular flexibility index (Phi) is 5.77. The van der Waals surface area contributed by atoms with Crippen LogP contribution in [0.3, 0.4) is 0 Å². The van der Waals surface area contributed by atoms with Gasteiger partial charge in [-0.3, -0.25) is 9.36 Å². The molecule has 27 heavy (non-hydrogen) atoms. The molecule has 146 valence electrons. The van der Waals surface area contributed by atoms with E-state index in [4.69, 9.17) is 17.3 Å². The molecule has 0 amide bonds. The van der Waals surface area contributed by atoms with Crippen molar-refractivity contribution in [3.8, 4) is 0 Å². The van der Waals surface area contributed by atoms with Crippen molar-refractivity contribution in [1.82, 2.24) is 9.55 Å². The number of benzene rings is 1. The molecule has 1 saturated heterocycles. The van der Waals surface area contributed by atoms with Crippen LogP contribution in [0.2, 0.25) is 5.02 Å². The van der Waals surface area contributed by atoms with Gasteiger partial charge in [-0.15, -0.1) is 0 Å². The Morgan fingerprint density at radius 3 is 2.63 bits per heavy atom. The number of anilines is 2. The summed E-state index contributed by atoms with van der Waals surface area (Å²) in [7, 11) is 1.76. The van der Waals surface area contributed by atoms with Gasteiger partial charge in [0.25, 0.3) is 5.56 Å². The molecule has 5 nitrogen and oxygen atoms in total. The first-order valence-electron chi connectivity index (χ1n) is 9.30. The second-order valence-electron chi connectivity index (χ2n) is 7.63. The number of nitrogens with two attached hydrogens (primary N) is 1. The standard InChI is InChI=1S/C20H27ClN4OS/c1-5-20(3)9-11-25(12-10-20)19-23-17(22)16(18(26)24(19)4)27-14-8-6-7-13(2)15(14)21/h6-8H,5,9-12,22H2,1-4H3. The van der Waals surface area contributed by atoms with Gasteiger partial charge in [0.15, 0.2) is 0 Å². The lowest BCUT2D eigenvalue weighted by Gasteiger charge is -2.39. The molecular weight excluding hydrogens is 380 g/mol. The van der Waals surface area contributed by atoms with E-state index >= 15 is 0 Å². The molecule has 0 bridgehead atoms. The van der Waals surface area contributed by atoms with Crippen molar-refractivity contribution in [2.24, 2.45) is 12.5 Å². The molecule has 0 unspecified atom stereocenters. The van der Waals surface area contributed by atoms with E-state index in [1.807, 2.05) is 25.1 Å². The van der Waals surface area contributed by atoms with Crippen molar-refractivity contribution in [3.05, 3.63) is 39.1 Å². The van der Waals surface area contributed by atoms with Gasteiger partial charge in [-0.2, -0.15) is 4.98 Å². The number of hydrogen-bond donors (Lipinski definition) is 1. The van der Waals surface area contributed by atoms with Crippen LogP contribution < -0.4 is 16.2 Å². The van der Waals surface area contributed by atoms with Gasteiger partial charge in [0.1, 0.15) is 10.7 Å². The Bertz CT molecular complexity index is 904. The highest BCUT2D eigenvalue weighted by molar-refractivity contribution is 7.99. The smallest absolute Gasteiger partial charge is 0.270 e. The molecule has 0 spiro atoms. The SMILES string of the molecule is CCC1(C)CCN(c2nc(N)c(Sc3cccc(C)c3Cl)c(=O)n2C)CC1. The van der Waals surface area contributed by atoms with E-state index in [9.17, 15) is 4.79 Å². The average Bonchev–Trinajstić information content (AvgIpc) is 2.66. The molecule has 0 saturated carbocycles. The van der Waals surface area contributed by atoms with E-state index in [0.717, 1.165) is 36.4 Å². The minimum absolute atomic E-state index is 0.135. The Morgan fingerprint density at radius 1 is 1.33 bits per heavy atom. The summed E-state index contributed by atoms with van der Waals surface area (Å²) in [6.07, 6.45) is 3.35. The van der Waals surface area contributed by atoms with Crippen molar-refractivity contribution in [2.75, 3.05) is 23.7 Å². The second kappa shape index (κ2) is 7.76. The minimum atomic E-state index is -0.135. The van der Waals surface area contributed by atoms with Gasteiger partial charge >= 0.3 is 0 Å². The fraction of sp³-hybridized carbons (Fsp3) is 0.500. The van der Waals surface area contributed by atoms with Crippen LogP contribution in [0.15, 0.2) is 32.8 Å². The van der Waals surface area contributed by atoms with Crippen molar-refractivity contribution < 1.29 is 0 Å². The predicted molar refractivity (Wildman–Crippen MR) is 114 cm³/mol. The Morgan fingerprint density at radius 2 is 2.00 bits per heavy atom. The van der Waals surface area contributed by atoms with Crippen molar-refractivity contribution in [1.29, 1.82) is 0 Å². The lowest BCUT2D eigenvalue weighted by atomic mass is 9.78. The highest BCUT2D eigenvalue weighted by Gasteiger charge is 2.30. The van der Waals surface area contributed by atoms with E-state index in [1.54, 1.807) is 11.6 Å². The molecule has 0 aliphatic carbocycles. The summed E-state index contributed by atoms with van der Waals surface area (Å²) in [5.41, 5.74) is 7.40. The molecule has 1 aromatic carbocycles. The number of piperidine rings is 1. The van der Waals surface area contributed by atoms with Crippen LogP contribution in [-0.2, 0) is 7.05 Å². The minimum Gasteiger partial charge on any atom is -0.382 e. The molecule has 2 N–H and O–H groups in total. The van der Waals surface area contributed by atoms with Crippen molar-refractivity contribution >= 4 is 35.1 Å². The lowest BCUT2D eigenvalue weighted by molar-refractivity contribution is 0.236. The zero-order chi connectivity index (χ0) is 19.8. The summed E-state index contributed by atoms with van der Waals surface area (Å²) in [6, 6.07) is 5.75. The quantitative estimate of drug-likeness (QED) is 0.810. The molecule has 2 heterocycles. The number of aromatic nitrogens is 2. The van der Waals surface area contributed by atoms with Crippen LogP contribution in [-0.4, -0.2) is 22.6 Å². The largest absolute Gasteiger partial charge is 0.382 e. The third-order valence-corrected chi connectivity index (χ3v) is 7.49. The van der Waals surface area contributed by atoms with Crippen LogP contribution in [0, 0.1) is 12.3 Å². The molecular formula is C20H27ClN4OS.